The van der Waals surface area contributed by atoms with Gasteiger partial charge in [0.2, 0.25) is 17.7 Å². The SMILES string of the molecule is O=C1NC(=O)/C(=C/c2ccnc(N3CCC(CNCC4(F)C=C(F)C=C(c5ccnc(F)c5)N4)CC3)n2)S1. The summed E-state index contributed by atoms with van der Waals surface area (Å²) in [4.78, 5) is 37.8. The molecule has 38 heavy (non-hydrogen) atoms. The molecule has 9 nitrogen and oxygen atoms in total. The number of rotatable bonds is 7. The molecule has 5 heterocycles. The average molecular weight is 544 g/mol. The fourth-order valence-corrected chi connectivity index (χ4v) is 5.13. The van der Waals surface area contributed by atoms with E-state index < -0.39 is 28.7 Å². The monoisotopic (exact) mass is 543 g/mol. The maximum absolute atomic E-state index is 15.4. The maximum atomic E-state index is 15.4. The van der Waals surface area contributed by atoms with Crippen molar-refractivity contribution >= 4 is 40.6 Å². The Balaban J connectivity index is 1.12. The lowest BCUT2D eigenvalue weighted by Gasteiger charge is -2.33. The number of allylic oxidation sites excluding steroid dienone is 2. The molecular formula is C25H24F3N7O2S. The van der Waals surface area contributed by atoms with Gasteiger partial charge >= 0.3 is 0 Å². The van der Waals surface area contributed by atoms with Crippen LogP contribution in [0.15, 0.2) is 53.5 Å². The highest BCUT2D eigenvalue weighted by Gasteiger charge is 2.32. The minimum absolute atomic E-state index is 0.139. The molecule has 3 aliphatic rings. The molecule has 0 aliphatic carbocycles. The molecule has 1 unspecified atom stereocenters. The number of piperidine rings is 1. The number of carbonyl (C=O) groups excluding carboxylic acids is 2. The smallest absolute Gasteiger partial charge is 0.290 e. The second kappa shape index (κ2) is 11.0. The van der Waals surface area contributed by atoms with Crippen LogP contribution in [-0.4, -0.2) is 58.1 Å². The first-order valence-electron chi connectivity index (χ1n) is 12.0. The molecule has 5 rings (SSSR count). The van der Waals surface area contributed by atoms with Gasteiger partial charge in [0.05, 0.1) is 17.1 Å². The van der Waals surface area contributed by atoms with Crippen LogP contribution in [0.1, 0.15) is 24.1 Å². The quantitative estimate of drug-likeness (QED) is 0.275. The molecule has 2 fully saturated rings. The number of hydrogen-bond acceptors (Lipinski definition) is 9. The molecule has 0 spiro atoms. The molecule has 3 aliphatic heterocycles. The maximum Gasteiger partial charge on any atom is 0.290 e. The van der Waals surface area contributed by atoms with E-state index in [1.165, 1.54) is 12.3 Å². The molecule has 2 aromatic heterocycles. The molecule has 198 valence electrons. The van der Waals surface area contributed by atoms with Crippen LogP contribution < -0.4 is 20.9 Å². The van der Waals surface area contributed by atoms with Gasteiger partial charge in [-0.05, 0) is 61.4 Å². The normalized spacial score (nSPS) is 23.2. The number of anilines is 1. The minimum Gasteiger partial charge on any atom is -0.349 e. The lowest BCUT2D eigenvalue weighted by Crippen LogP contribution is -2.49. The van der Waals surface area contributed by atoms with Gasteiger partial charge in [0.1, 0.15) is 5.83 Å². The Morgan fingerprint density at radius 3 is 2.71 bits per heavy atom. The van der Waals surface area contributed by atoms with Crippen LogP contribution in [0.4, 0.5) is 23.9 Å². The van der Waals surface area contributed by atoms with Gasteiger partial charge in [0.15, 0.2) is 0 Å². The van der Waals surface area contributed by atoms with Gasteiger partial charge in [-0.2, -0.15) is 4.39 Å². The summed E-state index contributed by atoms with van der Waals surface area (Å²) in [6.07, 6.45) is 8.02. The zero-order valence-electron chi connectivity index (χ0n) is 20.1. The van der Waals surface area contributed by atoms with Crippen LogP contribution in [0, 0.1) is 11.9 Å². The molecule has 0 aromatic carbocycles. The number of hydrogen-bond donors (Lipinski definition) is 3. The molecule has 2 amide bonds. The number of thioether (sulfide) groups is 1. The third-order valence-corrected chi connectivity index (χ3v) is 7.14. The number of nitrogens with one attached hydrogen (secondary N) is 3. The lowest BCUT2D eigenvalue weighted by molar-refractivity contribution is -0.115. The predicted molar refractivity (Wildman–Crippen MR) is 137 cm³/mol. The van der Waals surface area contributed by atoms with Crippen LogP contribution in [0.3, 0.4) is 0 Å². The van der Waals surface area contributed by atoms with Crippen LogP contribution in [0.2, 0.25) is 0 Å². The average Bonchev–Trinajstić information content (AvgIpc) is 3.20. The van der Waals surface area contributed by atoms with E-state index in [1.807, 2.05) is 4.90 Å². The molecule has 1 atom stereocenters. The van der Waals surface area contributed by atoms with Crippen molar-refractivity contribution < 1.29 is 22.8 Å². The number of carbonyl (C=O) groups is 2. The molecule has 0 bridgehead atoms. The van der Waals surface area contributed by atoms with E-state index in [9.17, 15) is 18.4 Å². The zero-order chi connectivity index (χ0) is 26.7. The number of pyridine rings is 1. The highest BCUT2D eigenvalue weighted by Crippen LogP contribution is 2.28. The van der Waals surface area contributed by atoms with Crippen molar-refractivity contribution in [2.45, 2.75) is 18.6 Å². The zero-order valence-corrected chi connectivity index (χ0v) is 20.9. The number of aromatic nitrogens is 3. The first kappa shape index (κ1) is 25.9. The summed E-state index contributed by atoms with van der Waals surface area (Å²) in [5, 5.41) is 7.55. The number of imide groups is 1. The fraction of sp³-hybridized carbons (Fsp3) is 0.320. The van der Waals surface area contributed by atoms with Gasteiger partial charge < -0.3 is 15.5 Å². The van der Waals surface area contributed by atoms with Crippen LogP contribution in [0.25, 0.3) is 11.8 Å². The topological polar surface area (TPSA) is 112 Å². The molecule has 13 heteroatoms. The summed E-state index contributed by atoms with van der Waals surface area (Å²) < 4.78 is 43.1. The van der Waals surface area contributed by atoms with Crippen molar-refractivity contribution in [3.05, 3.63) is 70.7 Å². The summed E-state index contributed by atoms with van der Waals surface area (Å²) in [6, 6.07) is 4.25. The van der Waals surface area contributed by atoms with Crippen molar-refractivity contribution in [1.82, 2.24) is 30.9 Å². The number of dihydropyridines is 1. The molecular weight excluding hydrogens is 519 g/mol. The van der Waals surface area contributed by atoms with E-state index >= 15 is 4.39 Å². The van der Waals surface area contributed by atoms with Crippen molar-refractivity contribution in [1.29, 1.82) is 0 Å². The van der Waals surface area contributed by atoms with Gasteiger partial charge in [-0.3, -0.25) is 14.9 Å². The summed E-state index contributed by atoms with van der Waals surface area (Å²) >= 11 is 0.832. The standard InChI is InChI=1S/C25H24F3N7O2S/c26-17-10-19(16-1-5-30-21(27)9-16)34-25(28,12-17)14-29-13-15-3-7-35(8-4-15)23-31-6-2-18(32-23)11-20-22(36)33-24(37)38-20/h1-2,5-6,9-12,15,29,34H,3-4,7-8,13-14H2,(H,33,36,37)/b20-11-. The van der Waals surface area contributed by atoms with Crippen LogP contribution in [-0.2, 0) is 4.79 Å². The number of alkyl halides is 1. The second-order valence-corrected chi connectivity index (χ2v) is 10.2. The molecule has 0 radical (unpaired) electrons. The van der Waals surface area contributed by atoms with E-state index in [0.29, 0.717) is 36.8 Å². The third kappa shape index (κ3) is 6.22. The van der Waals surface area contributed by atoms with Gasteiger partial charge in [-0.1, -0.05) is 0 Å². The van der Waals surface area contributed by atoms with Crippen molar-refractivity contribution in [2.75, 3.05) is 31.1 Å². The van der Waals surface area contributed by atoms with Crippen molar-refractivity contribution in [3.63, 3.8) is 0 Å². The van der Waals surface area contributed by atoms with Gasteiger partial charge in [-0.25, -0.2) is 23.7 Å². The van der Waals surface area contributed by atoms with E-state index in [2.05, 4.69) is 30.9 Å². The third-order valence-electron chi connectivity index (χ3n) is 6.33. The number of nitrogens with zero attached hydrogens (tertiary/aromatic N) is 4. The van der Waals surface area contributed by atoms with E-state index in [0.717, 1.165) is 42.8 Å². The predicted octanol–water partition coefficient (Wildman–Crippen LogP) is 3.30. The summed E-state index contributed by atoms with van der Waals surface area (Å²) in [5.41, 5.74) is 0.972. The van der Waals surface area contributed by atoms with Crippen LogP contribution in [0.5, 0.6) is 0 Å². The molecule has 0 saturated carbocycles. The van der Waals surface area contributed by atoms with Gasteiger partial charge in [0.25, 0.3) is 11.1 Å². The Kier molecular flexibility index (Phi) is 7.47. The Morgan fingerprint density at radius 2 is 1.97 bits per heavy atom. The Labute approximate surface area is 220 Å². The first-order valence-corrected chi connectivity index (χ1v) is 12.8. The second-order valence-electron chi connectivity index (χ2n) is 9.14. The summed E-state index contributed by atoms with van der Waals surface area (Å²) in [5.74, 6) is -3.29. The first-order chi connectivity index (χ1) is 18.3. The minimum atomic E-state index is -2.17. The molecule has 3 N–H and O–H groups in total. The van der Waals surface area contributed by atoms with Crippen molar-refractivity contribution in [3.8, 4) is 0 Å². The van der Waals surface area contributed by atoms with E-state index in [4.69, 9.17) is 0 Å². The molecule has 2 saturated heterocycles. The van der Waals surface area contributed by atoms with E-state index in [-0.39, 0.29) is 23.1 Å². The largest absolute Gasteiger partial charge is 0.349 e. The van der Waals surface area contributed by atoms with Gasteiger partial charge in [-0.15, -0.1) is 0 Å². The number of halogens is 3. The Morgan fingerprint density at radius 1 is 1.18 bits per heavy atom. The van der Waals surface area contributed by atoms with Crippen molar-refractivity contribution in [2.24, 2.45) is 5.92 Å². The molecule has 2 aromatic rings. The number of amides is 2. The van der Waals surface area contributed by atoms with Crippen LogP contribution >= 0.6 is 11.8 Å². The summed E-state index contributed by atoms with van der Waals surface area (Å²) in [7, 11) is 0. The van der Waals surface area contributed by atoms with Gasteiger partial charge in [0, 0.05) is 48.9 Å². The Bertz CT molecular complexity index is 1340. The highest BCUT2D eigenvalue weighted by atomic mass is 32.2. The summed E-state index contributed by atoms with van der Waals surface area (Å²) in [6.45, 7) is 1.74. The van der Waals surface area contributed by atoms with E-state index in [1.54, 1.807) is 18.3 Å². The Hall–Kier alpha value is -3.71. The lowest BCUT2D eigenvalue weighted by atomic mass is 9.96. The fourth-order valence-electron chi connectivity index (χ4n) is 4.46. The highest BCUT2D eigenvalue weighted by molar-refractivity contribution is 8.18.